The van der Waals surface area contributed by atoms with Crippen molar-refractivity contribution < 1.29 is 14.3 Å². The summed E-state index contributed by atoms with van der Waals surface area (Å²) in [6, 6.07) is 7.76. The number of ether oxygens (including phenoxy) is 1. The van der Waals surface area contributed by atoms with Crippen molar-refractivity contribution in [3.8, 4) is 5.75 Å². The summed E-state index contributed by atoms with van der Waals surface area (Å²) in [5.74, 6) is 1.05. The third-order valence-electron chi connectivity index (χ3n) is 4.85. The number of hydrogen-bond acceptors (Lipinski definition) is 3. The zero-order valence-electron chi connectivity index (χ0n) is 15.2. The summed E-state index contributed by atoms with van der Waals surface area (Å²) in [7, 11) is 1.76. The lowest BCUT2D eigenvalue weighted by Crippen LogP contribution is -2.42. The summed E-state index contributed by atoms with van der Waals surface area (Å²) in [6.45, 7) is 3.65. The highest BCUT2D eigenvalue weighted by Gasteiger charge is 2.25. The lowest BCUT2D eigenvalue weighted by Gasteiger charge is -2.27. The molecule has 0 unspecified atom stereocenters. The van der Waals surface area contributed by atoms with Crippen LogP contribution in [0.15, 0.2) is 24.3 Å². The fourth-order valence-corrected chi connectivity index (χ4v) is 3.05. The Hall–Kier alpha value is -2.24. The van der Waals surface area contributed by atoms with Crippen molar-refractivity contribution in [1.29, 1.82) is 0 Å². The molecule has 1 saturated carbocycles. The van der Waals surface area contributed by atoms with Crippen molar-refractivity contribution in [2.24, 2.45) is 17.6 Å². The van der Waals surface area contributed by atoms with Gasteiger partial charge >= 0.3 is 6.03 Å². The first-order valence-corrected chi connectivity index (χ1v) is 8.93. The molecule has 1 aliphatic rings. The van der Waals surface area contributed by atoms with Crippen LogP contribution in [0.1, 0.15) is 31.2 Å². The van der Waals surface area contributed by atoms with E-state index in [4.69, 9.17) is 10.5 Å². The lowest BCUT2D eigenvalue weighted by molar-refractivity contribution is -0.122. The van der Waals surface area contributed by atoms with Crippen LogP contribution in [-0.2, 0) is 4.79 Å². The van der Waals surface area contributed by atoms with Gasteiger partial charge in [0.25, 0.3) is 0 Å². The molecule has 6 nitrogen and oxygen atoms in total. The number of nitrogens with zero attached hydrogens (tertiary/aromatic N) is 1. The minimum atomic E-state index is -0.198. The molecular formula is C19H29N3O3. The molecule has 0 saturated heterocycles. The fourth-order valence-electron chi connectivity index (χ4n) is 3.05. The molecule has 0 heterocycles. The van der Waals surface area contributed by atoms with Crippen molar-refractivity contribution >= 4 is 11.9 Å². The van der Waals surface area contributed by atoms with Gasteiger partial charge in [-0.1, -0.05) is 17.7 Å². The Balaban J connectivity index is 1.62. The quantitative estimate of drug-likeness (QED) is 0.794. The summed E-state index contributed by atoms with van der Waals surface area (Å²) in [5.41, 5.74) is 6.53. The number of hydrogen-bond donors (Lipinski definition) is 2. The Kier molecular flexibility index (Phi) is 7.10. The summed E-state index contributed by atoms with van der Waals surface area (Å²) >= 11 is 0. The van der Waals surface area contributed by atoms with E-state index in [-0.39, 0.29) is 17.9 Å². The van der Waals surface area contributed by atoms with E-state index in [1.54, 1.807) is 11.9 Å². The predicted octanol–water partition coefficient (Wildman–Crippen LogP) is 2.31. The summed E-state index contributed by atoms with van der Waals surface area (Å²) < 4.78 is 5.65. The molecule has 3 N–H and O–H groups in total. The highest BCUT2D eigenvalue weighted by atomic mass is 16.5. The largest absolute Gasteiger partial charge is 0.492 e. The third-order valence-corrected chi connectivity index (χ3v) is 4.85. The van der Waals surface area contributed by atoms with Gasteiger partial charge in [-0.15, -0.1) is 0 Å². The van der Waals surface area contributed by atoms with Crippen LogP contribution in [0.3, 0.4) is 0 Å². The van der Waals surface area contributed by atoms with E-state index in [9.17, 15) is 9.59 Å². The third kappa shape index (κ3) is 6.29. The molecule has 0 aromatic heterocycles. The molecule has 25 heavy (non-hydrogen) atoms. The second kappa shape index (κ2) is 9.30. The number of likely N-dealkylation sites (N-methyl/N-ethyl adjacent to an activating group) is 1. The number of carbonyl (C=O) groups excluding carboxylic acids is 2. The number of carbonyl (C=O) groups is 2. The maximum Gasteiger partial charge on any atom is 0.317 e. The van der Waals surface area contributed by atoms with Crippen molar-refractivity contribution in [3.05, 3.63) is 29.8 Å². The molecule has 1 fully saturated rings. The number of amides is 3. The van der Waals surface area contributed by atoms with Crippen LogP contribution in [0.25, 0.3) is 0 Å². The fraction of sp³-hybridized carbons (Fsp3) is 0.579. The van der Waals surface area contributed by atoms with Gasteiger partial charge in [0.1, 0.15) is 12.4 Å². The minimum Gasteiger partial charge on any atom is -0.492 e. The Bertz CT molecular complexity index is 566. The average Bonchev–Trinajstić information content (AvgIpc) is 2.61. The second-order valence-corrected chi connectivity index (χ2v) is 6.89. The maximum absolute atomic E-state index is 12.1. The molecule has 2 rings (SSSR count). The Morgan fingerprint density at radius 1 is 1.20 bits per heavy atom. The normalized spacial score (nSPS) is 19.9. The van der Waals surface area contributed by atoms with Crippen molar-refractivity contribution in [1.82, 2.24) is 10.2 Å². The number of benzene rings is 1. The molecule has 138 valence electrons. The van der Waals surface area contributed by atoms with Crippen LogP contribution >= 0.6 is 0 Å². The smallest absolute Gasteiger partial charge is 0.317 e. The first-order valence-electron chi connectivity index (χ1n) is 8.93. The number of nitrogens with one attached hydrogen (secondary N) is 1. The molecule has 0 spiro atoms. The molecule has 1 aromatic rings. The van der Waals surface area contributed by atoms with Gasteiger partial charge in [-0.3, -0.25) is 4.79 Å². The van der Waals surface area contributed by atoms with Gasteiger partial charge < -0.3 is 20.7 Å². The average molecular weight is 347 g/mol. The molecule has 0 bridgehead atoms. The van der Waals surface area contributed by atoms with E-state index >= 15 is 0 Å². The second-order valence-electron chi connectivity index (χ2n) is 6.89. The number of urea groups is 1. The van der Waals surface area contributed by atoms with E-state index in [0.717, 1.165) is 31.4 Å². The molecule has 0 radical (unpaired) electrons. The molecule has 3 amide bonds. The van der Waals surface area contributed by atoms with Gasteiger partial charge in [0.15, 0.2) is 0 Å². The summed E-state index contributed by atoms with van der Waals surface area (Å²) in [6.07, 6.45) is 3.54. The Morgan fingerprint density at radius 3 is 2.44 bits per heavy atom. The van der Waals surface area contributed by atoms with Gasteiger partial charge in [-0.05, 0) is 50.7 Å². The monoisotopic (exact) mass is 347 g/mol. The van der Waals surface area contributed by atoms with E-state index < -0.39 is 0 Å². The SMILES string of the molecule is Cc1ccc(OCCN(C)C(=O)NCC2CCC(C(N)=O)CC2)cc1. The molecular weight excluding hydrogens is 318 g/mol. The standard InChI is InChI=1S/C19H29N3O3/c1-14-3-9-17(10-4-14)25-12-11-22(2)19(24)21-13-15-5-7-16(8-6-15)18(20)23/h3-4,9-10,15-16H,5-8,11-13H2,1-2H3,(H2,20,23)(H,21,24). The number of aryl methyl sites for hydroxylation is 1. The summed E-state index contributed by atoms with van der Waals surface area (Å²) in [4.78, 5) is 24.9. The zero-order chi connectivity index (χ0) is 18.2. The van der Waals surface area contributed by atoms with Crippen LogP contribution < -0.4 is 15.8 Å². The van der Waals surface area contributed by atoms with Crippen molar-refractivity contribution in [2.75, 3.05) is 26.7 Å². The Labute approximate surface area is 149 Å². The van der Waals surface area contributed by atoms with E-state index in [1.165, 1.54) is 5.56 Å². The van der Waals surface area contributed by atoms with Gasteiger partial charge in [-0.2, -0.15) is 0 Å². The van der Waals surface area contributed by atoms with E-state index in [2.05, 4.69) is 5.32 Å². The van der Waals surface area contributed by atoms with Crippen molar-refractivity contribution in [2.45, 2.75) is 32.6 Å². The van der Waals surface area contributed by atoms with Crippen LogP contribution in [-0.4, -0.2) is 43.6 Å². The number of rotatable bonds is 7. The first-order chi connectivity index (χ1) is 12.0. The highest BCUT2D eigenvalue weighted by Crippen LogP contribution is 2.28. The molecule has 0 atom stereocenters. The van der Waals surface area contributed by atoms with E-state index in [0.29, 0.717) is 25.6 Å². The molecule has 1 aromatic carbocycles. The minimum absolute atomic E-state index is 0.00791. The molecule has 6 heteroatoms. The van der Waals surface area contributed by atoms with Gasteiger partial charge in [0.05, 0.1) is 6.54 Å². The van der Waals surface area contributed by atoms with E-state index in [1.807, 2.05) is 31.2 Å². The van der Waals surface area contributed by atoms with Gasteiger partial charge in [0.2, 0.25) is 5.91 Å². The van der Waals surface area contributed by atoms with Gasteiger partial charge in [-0.25, -0.2) is 4.79 Å². The molecule has 1 aliphatic carbocycles. The topological polar surface area (TPSA) is 84.7 Å². The summed E-state index contributed by atoms with van der Waals surface area (Å²) in [5, 5.41) is 2.97. The van der Waals surface area contributed by atoms with Crippen molar-refractivity contribution in [3.63, 3.8) is 0 Å². The molecule has 0 aliphatic heterocycles. The highest BCUT2D eigenvalue weighted by molar-refractivity contribution is 5.76. The van der Waals surface area contributed by atoms with Crippen LogP contribution in [0.4, 0.5) is 4.79 Å². The van der Waals surface area contributed by atoms with Gasteiger partial charge in [0, 0.05) is 19.5 Å². The van der Waals surface area contributed by atoms with Crippen LogP contribution in [0.5, 0.6) is 5.75 Å². The predicted molar refractivity (Wildman–Crippen MR) is 97.3 cm³/mol. The first kappa shape index (κ1) is 19.1. The zero-order valence-corrected chi connectivity index (χ0v) is 15.2. The van der Waals surface area contributed by atoms with Crippen LogP contribution in [0.2, 0.25) is 0 Å². The number of primary amides is 1. The van der Waals surface area contributed by atoms with Crippen LogP contribution in [0, 0.1) is 18.8 Å². The maximum atomic E-state index is 12.1. The lowest BCUT2D eigenvalue weighted by atomic mass is 9.82. The Morgan fingerprint density at radius 2 is 1.84 bits per heavy atom. The number of nitrogens with two attached hydrogens (primary N) is 1.